The number of benzene rings is 1. The molecule has 78 valence electrons. The molecule has 2 N–H and O–H groups in total. The van der Waals surface area contributed by atoms with Gasteiger partial charge in [-0.1, -0.05) is 17.7 Å². The molecule has 0 unspecified atom stereocenters. The molecule has 1 fully saturated rings. The lowest BCUT2D eigenvalue weighted by Crippen LogP contribution is -2.29. The Hall–Kier alpha value is -1.20. The van der Waals surface area contributed by atoms with Gasteiger partial charge in [-0.3, -0.25) is 14.9 Å². The molecule has 0 bridgehead atoms. The lowest BCUT2D eigenvalue weighted by molar-refractivity contribution is -0.118. The summed E-state index contributed by atoms with van der Waals surface area (Å²) in [7, 11) is 0. The summed E-state index contributed by atoms with van der Waals surface area (Å²) in [6.07, 6.45) is 0. The molecule has 0 radical (unpaired) electrons. The lowest BCUT2D eigenvalue weighted by Gasteiger charge is -2.09. The summed E-state index contributed by atoms with van der Waals surface area (Å²) in [6.45, 7) is 0. The van der Waals surface area contributed by atoms with Crippen molar-refractivity contribution < 1.29 is 9.59 Å². The maximum absolute atomic E-state index is 11.2. The second-order valence-electron chi connectivity index (χ2n) is 2.93. The predicted octanol–water partition coefficient (Wildman–Crippen LogP) is 2.06. The Morgan fingerprint density at radius 1 is 1.40 bits per heavy atom. The van der Waals surface area contributed by atoms with Crippen molar-refractivity contribution in [2.75, 3.05) is 5.32 Å². The van der Waals surface area contributed by atoms with Gasteiger partial charge >= 0.3 is 0 Å². The van der Waals surface area contributed by atoms with Gasteiger partial charge in [-0.05, 0) is 30.0 Å². The third-order valence-electron chi connectivity index (χ3n) is 1.81. The molecule has 0 spiro atoms. The number of amides is 2. The third kappa shape index (κ3) is 2.43. The SMILES string of the molecule is O=C1NC(=O)[C@H](Nc2cccc(Cl)c2)S1. The monoisotopic (exact) mass is 242 g/mol. The van der Waals surface area contributed by atoms with Crippen LogP contribution < -0.4 is 10.6 Å². The van der Waals surface area contributed by atoms with Crippen LogP contribution in [0.3, 0.4) is 0 Å². The van der Waals surface area contributed by atoms with Gasteiger partial charge in [-0.15, -0.1) is 0 Å². The number of carbonyl (C=O) groups excluding carboxylic acids is 2. The molecule has 1 saturated heterocycles. The highest BCUT2D eigenvalue weighted by molar-refractivity contribution is 8.15. The molecule has 1 atom stereocenters. The highest BCUT2D eigenvalue weighted by Crippen LogP contribution is 2.23. The van der Waals surface area contributed by atoms with E-state index in [0.29, 0.717) is 10.7 Å². The minimum atomic E-state index is -0.573. The van der Waals surface area contributed by atoms with E-state index in [1.165, 1.54) is 0 Å². The number of rotatable bonds is 2. The van der Waals surface area contributed by atoms with E-state index < -0.39 is 5.37 Å². The van der Waals surface area contributed by atoms with E-state index in [0.717, 1.165) is 11.8 Å². The normalized spacial score (nSPS) is 20.2. The first-order valence-corrected chi connectivity index (χ1v) is 5.44. The zero-order valence-electron chi connectivity index (χ0n) is 7.49. The minimum Gasteiger partial charge on any atom is -0.365 e. The standard InChI is InChI=1S/C9H7ClN2O2S/c10-5-2-1-3-6(4-5)11-8-7(13)12-9(14)15-8/h1-4,8,11H,(H,12,13,14)/t8-/m1/s1. The fraction of sp³-hybridized carbons (Fsp3) is 0.111. The molecule has 2 amide bonds. The third-order valence-corrected chi connectivity index (χ3v) is 2.93. The summed E-state index contributed by atoms with van der Waals surface area (Å²) in [6, 6.07) is 6.98. The molecular formula is C9H7ClN2O2S. The molecule has 15 heavy (non-hydrogen) atoms. The van der Waals surface area contributed by atoms with Crippen LogP contribution >= 0.6 is 23.4 Å². The van der Waals surface area contributed by atoms with Gasteiger partial charge in [0.15, 0.2) is 5.37 Å². The summed E-state index contributed by atoms with van der Waals surface area (Å²) in [5, 5.41) is 4.77. The Balaban J connectivity index is 2.09. The van der Waals surface area contributed by atoms with Gasteiger partial charge in [0.05, 0.1) is 0 Å². The first-order chi connectivity index (χ1) is 7.15. The number of imide groups is 1. The maximum atomic E-state index is 11.2. The second kappa shape index (κ2) is 4.12. The van der Waals surface area contributed by atoms with Gasteiger partial charge in [0.1, 0.15) is 0 Å². The summed E-state index contributed by atoms with van der Waals surface area (Å²) in [5.41, 5.74) is 0.713. The van der Waals surface area contributed by atoms with E-state index in [1.54, 1.807) is 24.3 Å². The van der Waals surface area contributed by atoms with Crippen LogP contribution in [0, 0.1) is 0 Å². The molecule has 1 aromatic rings. The number of carbonyl (C=O) groups is 2. The molecule has 0 saturated carbocycles. The van der Waals surface area contributed by atoms with E-state index >= 15 is 0 Å². The molecule has 6 heteroatoms. The average Bonchev–Trinajstić information content (AvgIpc) is 2.45. The number of hydrogen-bond acceptors (Lipinski definition) is 4. The van der Waals surface area contributed by atoms with E-state index in [-0.39, 0.29) is 11.1 Å². The van der Waals surface area contributed by atoms with Crippen molar-refractivity contribution in [2.45, 2.75) is 5.37 Å². The van der Waals surface area contributed by atoms with Gasteiger partial charge in [0.2, 0.25) is 0 Å². The van der Waals surface area contributed by atoms with E-state index in [1.807, 2.05) is 0 Å². The van der Waals surface area contributed by atoms with Gasteiger partial charge < -0.3 is 5.32 Å². The van der Waals surface area contributed by atoms with Crippen molar-refractivity contribution in [2.24, 2.45) is 0 Å². The van der Waals surface area contributed by atoms with Crippen LogP contribution in [0.1, 0.15) is 0 Å². The number of nitrogens with one attached hydrogen (secondary N) is 2. The zero-order chi connectivity index (χ0) is 10.8. The quantitative estimate of drug-likeness (QED) is 0.834. The summed E-state index contributed by atoms with van der Waals surface area (Å²) in [5.74, 6) is -0.329. The van der Waals surface area contributed by atoms with Gasteiger partial charge in [-0.25, -0.2) is 0 Å². The van der Waals surface area contributed by atoms with Crippen molar-refractivity contribution in [3.05, 3.63) is 29.3 Å². The first kappa shape index (κ1) is 10.3. The van der Waals surface area contributed by atoms with Gasteiger partial charge in [0, 0.05) is 10.7 Å². The second-order valence-corrected chi connectivity index (χ2v) is 4.44. The largest absolute Gasteiger partial charge is 0.365 e. The van der Waals surface area contributed by atoms with Crippen LogP contribution in [0.5, 0.6) is 0 Å². The van der Waals surface area contributed by atoms with E-state index in [2.05, 4.69) is 10.6 Å². The Morgan fingerprint density at radius 3 is 2.80 bits per heavy atom. The summed E-state index contributed by atoms with van der Waals surface area (Å²) < 4.78 is 0. The molecule has 1 aromatic carbocycles. The smallest absolute Gasteiger partial charge is 0.288 e. The van der Waals surface area contributed by atoms with Crippen LogP contribution in [0.25, 0.3) is 0 Å². The molecule has 0 aliphatic carbocycles. The van der Waals surface area contributed by atoms with Crippen molar-refractivity contribution in [3.63, 3.8) is 0 Å². The summed E-state index contributed by atoms with van der Waals surface area (Å²) >= 11 is 6.70. The number of thioether (sulfide) groups is 1. The fourth-order valence-electron chi connectivity index (χ4n) is 1.18. The van der Waals surface area contributed by atoms with E-state index in [9.17, 15) is 9.59 Å². The molecular weight excluding hydrogens is 236 g/mol. The van der Waals surface area contributed by atoms with Gasteiger partial charge in [0.25, 0.3) is 11.1 Å². The van der Waals surface area contributed by atoms with E-state index in [4.69, 9.17) is 11.6 Å². The van der Waals surface area contributed by atoms with Crippen molar-refractivity contribution in [3.8, 4) is 0 Å². The highest BCUT2D eigenvalue weighted by Gasteiger charge is 2.31. The lowest BCUT2D eigenvalue weighted by atomic mass is 10.3. The maximum Gasteiger partial charge on any atom is 0.288 e. The Morgan fingerprint density at radius 2 is 2.20 bits per heavy atom. The fourth-order valence-corrected chi connectivity index (χ4v) is 2.11. The molecule has 1 heterocycles. The van der Waals surface area contributed by atoms with Crippen LogP contribution in [-0.2, 0) is 4.79 Å². The van der Waals surface area contributed by atoms with Crippen LogP contribution in [0.2, 0.25) is 5.02 Å². The first-order valence-electron chi connectivity index (χ1n) is 4.19. The van der Waals surface area contributed by atoms with Crippen LogP contribution in [-0.4, -0.2) is 16.5 Å². The predicted molar refractivity (Wildman–Crippen MR) is 60.0 cm³/mol. The molecule has 1 aliphatic heterocycles. The van der Waals surface area contributed by atoms with Crippen LogP contribution in [0.15, 0.2) is 24.3 Å². The molecule has 0 aromatic heterocycles. The number of hydrogen-bond donors (Lipinski definition) is 2. The topological polar surface area (TPSA) is 58.2 Å². The number of anilines is 1. The number of halogens is 1. The minimum absolute atomic E-state index is 0.329. The zero-order valence-corrected chi connectivity index (χ0v) is 9.06. The Labute approximate surface area is 95.4 Å². The Bertz CT molecular complexity index is 424. The summed E-state index contributed by atoms with van der Waals surface area (Å²) in [4.78, 5) is 22.1. The molecule has 1 aliphatic rings. The molecule has 4 nitrogen and oxygen atoms in total. The van der Waals surface area contributed by atoms with Gasteiger partial charge in [-0.2, -0.15) is 0 Å². The van der Waals surface area contributed by atoms with Crippen molar-refractivity contribution in [1.29, 1.82) is 0 Å². The van der Waals surface area contributed by atoms with Crippen LogP contribution in [0.4, 0.5) is 10.5 Å². The highest BCUT2D eigenvalue weighted by atomic mass is 35.5. The average molecular weight is 243 g/mol. The van der Waals surface area contributed by atoms with Crippen molar-refractivity contribution >= 4 is 40.2 Å². The Kier molecular flexibility index (Phi) is 2.83. The molecule has 2 rings (SSSR count). The van der Waals surface area contributed by atoms with Crippen molar-refractivity contribution in [1.82, 2.24) is 5.32 Å².